The average Bonchev–Trinajstić information content (AvgIpc) is 2.38. The smallest absolute Gasteiger partial charge is 0.0712 e. The summed E-state index contributed by atoms with van der Waals surface area (Å²) in [5.41, 5.74) is 1.05. The molecule has 2 N–H and O–H groups in total. The second-order valence-corrected chi connectivity index (χ2v) is 4.36. The number of rotatable bonds is 7. The Morgan fingerprint density at radius 2 is 1.41 bits per heavy atom. The topological polar surface area (TPSA) is 43.7 Å². The maximum absolute atomic E-state index is 9.75. The molecule has 0 amide bonds. The number of benzene rings is 1. The summed E-state index contributed by atoms with van der Waals surface area (Å²) in [5.74, 6) is 0. The summed E-state index contributed by atoms with van der Waals surface area (Å²) in [6.45, 7) is 5.06. The Hall–Kier alpha value is -1.06. The Morgan fingerprint density at radius 3 is 1.82 bits per heavy atom. The summed E-state index contributed by atoms with van der Waals surface area (Å²) in [5, 5.41) is 19.5. The van der Waals surface area contributed by atoms with Crippen molar-refractivity contribution < 1.29 is 10.2 Å². The van der Waals surface area contributed by atoms with Gasteiger partial charge in [0, 0.05) is 18.8 Å². The zero-order valence-electron chi connectivity index (χ0n) is 10.7. The van der Waals surface area contributed by atoms with Crippen LogP contribution in [-0.4, -0.2) is 35.5 Å². The van der Waals surface area contributed by atoms with Gasteiger partial charge in [-0.05, 0) is 25.0 Å². The Bertz CT molecular complexity index is 290. The van der Waals surface area contributed by atoms with E-state index in [1.54, 1.807) is 0 Å². The Morgan fingerprint density at radius 1 is 0.941 bits per heavy atom. The molecule has 0 radical (unpaired) electrons. The highest BCUT2D eigenvalue weighted by atomic mass is 16.3. The number of hydrogen-bond donors (Lipinski definition) is 2. The minimum Gasteiger partial charge on any atom is -0.391 e. The third kappa shape index (κ3) is 4.75. The molecule has 0 aromatic heterocycles. The van der Waals surface area contributed by atoms with Crippen LogP contribution < -0.4 is 4.90 Å². The maximum atomic E-state index is 9.75. The second kappa shape index (κ2) is 7.30. The van der Waals surface area contributed by atoms with Crippen molar-refractivity contribution in [1.82, 2.24) is 0 Å². The summed E-state index contributed by atoms with van der Waals surface area (Å²) in [4.78, 5) is 2.04. The molecule has 0 fully saturated rings. The molecule has 0 aliphatic rings. The quantitative estimate of drug-likeness (QED) is 0.762. The van der Waals surface area contributed by atoms with Gasteiger partial charge in [-0.1, -0.05) is 32.0 Å². The highest BCUT2D eigenvalue weighted by Crippen LogP contribution is 2.15. The van der Waals surface area contributed by atoms with Gasteiger partial charge in [-0.2, -0.15) is 0 Å². The normalized spacial score (nSPS) is 14.4. The van der Waals surface area contributed by atoms with Crippen LogP contribution in [0, 0.1) is 0 Å². The minimum atomic E-state index is -0.348. The van der Waals surface area contributed by atoms with Crippen molar-refractivity contribution in [2.75, 3.05) is 18.0 Å². The van der Waals surface area contributed by atoms with Crippen LogP contribution in [0.5, 0.6) is 0 Å². The molecule has 0 saturated heterocycles. The highest BCUT2D eigenvalue weighted by molar-refractivity contribution is 5.46. The number of aliphatic hydroxyl groups excluding tert-OH is 2. The third-order valence-electron chi connectivity index (χ3n) is 2.93. The van der Waals surface area contributed by atoms with E-state index in [4.69, 9.17) is 0 Å². The van der Waals surface area contributed by atoms with E-state index in [9.17, 15) is 10.2 Å². The first-order valence-electron chi connectivity index (χ1n) is 6.33. The highest BCUT2D eigenvalue weighted by Gasteiger charge is 2.14. The molecule has 3 heteroatoms. The molecular weight excluding hydrogens is 214 g/mol. The van der Waals surface area contributed by atoms with Crippen molar-refractivity contribution in [3.8, 4) is 0 Å². The zero-order valence-corrected chi connectivity index (χ0v) is 10.7. The fraction of sp³-hybridized carbons (Fsp3) is 0.571. The predicted octanol–water partition coefficient (Wildman–Crippen LogP) is 2.03. The lowest BCUT2D eigenvalue weighted by atomic mass is 10.2. The number of hydrogen-bond acceptors (Lipinski definition) is 3. The van der Waals surface area contributed by atoms with Gasteiger partial charge in [0.2, 0.25) is 0 Å². The largest absolute Gasteiger partial charge is 0.391 e. The van der Waals surface area contributed by atoms with Gasteiger partial charge >= 0.3 is 0 Å². The number of para-hydroxylation sites is 1. The molecule has 1 aromatic rings. The van der Waals surface area contributed by atoms with E-state index in [0.717, 1.165) is 18.5 Å². The monoisotopic (exact) mass is 237 g/mol. The minimum absolute atomic E-state index is 0.348. The SMILES string of the molecule is CCC(O)CN(CC(O)CC)c1ccccc1. The van der Waals surface area contributed by atoms with Crippen LogP contribution in [0.25, 0.3) is 0 Å². The van der Waals surface area contributed by atoms with Crippen LogP contribution in [0.1, 0.15) is 26.7 Å². The van der Waals surface area contributed by atoms with Crippen LogP contribution in [0.2, 0.25) is 0 Å². The number of nitrogens with zero attached hydrogens (tertiary/aromatic N) is 1. The van der Waals surface area contributed by atoms with E-state index in [1.165, 1.54) is 0 Å². The van der Waals surface area contributed by atoms with E-state index >= 15 is 0 Å². The molecule has 0 aliphatic heterocycles. The molecule has 0 aliphatic carbocycles. The third-order valence-corrected chi connectivity index (χ3v) is 2.93. The molecule has 0 saturated carbocycles. The predicted molar refractivity (Wildman–Crippen MR) is 71.3 cm³/mol. The maximum Gasteiger partial charge on any atom is 0.0712 e. The lowest BCUT2D eigenvalue weighted by Gasteiger charge is -2.28. The van der Waals surface area contributed by atoms with Gasteiger partial charge in [-0.15, -0.1) is 0 Å². The summed E-state index contributed by atoms with van der Waals surface area (Å²) < 4.78 is 0. The summed E-state index contributed by atoms with van der Waals surface area (Å²) in [6, 6.07) is 9.92. The fourth-order valence-electron chi connectivity index (χ4n) is 1.69. The van der Waals surface area contributed by atoms with Crippen molar-refractivity contribution in [3.05, 3.63) is 30.3 Å². The van der Waals surface area contributed by atoms with E-state index in [-0.39, 0.29) is 12.2 Å². The first-order chi connectivity index (χ1) is 8.17. The fourth-order valence-corrected chi connectivity index (χ4v) is 1.69. The molecule has 96 valence electrons. The van der Waals surface area contributed by atoms with Crippen LogP contribution in [0.4, 0.5) is 5.69 Å². The van der Waals surface area contributed by atoms with E-state index in [2.05, 4.69) is 0 Å². The lowest BCUT2D eigenvalue weighted by Crippen LogP contribution is -2.37. The van der Waals surface area contributed by atoms with Gasteiger partial charge in [0.1, 0.15) is 0 Å². The average molecular weight is 237 g/mol. The first-order valence-corrected chi connectivity index (χ1v) is 6.33. The standard InChI is InChI=1S/C14H23NO2/c1-3-13(16)10-15(11-14(17)4-2)12-8-6-5-7-9-12/h5-9,13-14,16-17H,3-4,10-11H2,1-2H3. The van der Waals surface area contributed by atoms with E-state index < -0.39 is 0 Å². The van der Waals surface area contributed by atoms with Gasteiger partial charge < -0.3 is 15.1 Å². The van der Waals surface area contributed by atoms with Gasteiger partial charge in [0.25, 0.3) is 0 Å². The molecular formula is C14H23NO2. The molecule has 1 aromatic carbocycles. The van der Waals surface area contributed by atoms with Crippen LogP contribution in [-0.2, 0) is 0 Å². The Kier molecular flexibility index (Phi) is 6.01. The van der Waals surface area contributed by atoms with Crippen LogP contribution >= 0.6 is 0 Å². The van der Waals surface area contributed by atoms with Crippen LogP contribution in [0.15, 0.2) is 30.3 Å². The van der Waals surface area contributed by atoms with Gasteiger partial charge in [0.15, 0.2) is 0 Å². The molecule has 0 bridgehead atoms. The van der Waals surface area contributed by atoms with Crippen molar-refractivity contribution in [3.63, 3.8) is 0 Å². The summed E-state index contributed by atoms with van der Waals surface area (Å²) in [7, 11) is 0. The molecule has 2 unspecified atom stereocenters. The summed E-state index contributed by atoms with van der Waals surface area (Å²) >= 11 is 0. The van der Waals surface area contributed by atoms with Crippen LogP contribution in [0.3, 0.4) is 0 Å². The lowest BCUT2D eigenvalue weighted by molar-refractivity contribution is 0.154. The molecule has 17 heavy (non-hydrogen) atoms. The second-order valence-electron chi connectivity index (χ2n) is 4.36. The van der Waals surface area contributed by atoms with E-state index in [0.29, 0.717) is 13.1 Å². The number of aliphatic hydroxyl groups is 2. The van der Waals surface area contributed by atoms with Crippen molar-refractivity contribution >= 4 is 5.69 Å². The molecule has 0 spiro atoms. The Balaban J connectivity index is 2.72. The Labute approximate surface area is 104 Å². The molecule has 3 nitrogen and oxygen atoms in total. The van der Waals surface area contributed by atoms with Crippen molar-refractivity contribution in [2.24, 2.45) is 0 Å². The first kappa shape index (κ1) is 14.0. The zero-order chi connectivity index (χ0) is 12.7. The van der Waals surface area contributed by atoms with Gasteiger partial charge in [-0.25, -0.2) is 0 Å². The van der Waals surface area contributed by atoms with Gasteiger partial charge in [-0.3, -0.25) is 0 Å². The molecule has 1 rings (SSSR count). The molecule has 0 heterocycles. The van der Waals surface area contributed by atoms with Crippen molar-refractivity contribution in [2.45, 2.75) is 38.9 Å². The van der Waals surface area contributed by atoms with Crippen molar-refractivity contribution in [1.29, 1.82) is 0 Å². The van der Waals surface area contributed by atoms with Gasteiger partial charge in [0.05, 0.1) is 12.2 Å². The molecule has 2 atom stereocenters. The number of anilines is 1. The summed E-state index contributed by atoms with van der Waals surface area (Å²) in [6.07, 6.45) is 0.760. The van der Waals surface area contributed by atoms with E-state index in [1.807, 2.05) is 49.1 Å².